The molecule has 0 aliphatic heterocycles. The molecular formula is C21H35N3O2S. The maximum Gasteiger partial charge on any atom is 0.191 e. The van der Waals surface area contributed by atoms with Gasteiger partial charge in [-0.25, -0.2) is 0 Å². The normalized spacial score (nSPS) is 21.7. The fourth-order valence-electron chi connectivity index (χ4n) is 3.36. The third-order valence-electron chi connectivity index (χ3n) is 4.84. The van der Waals surface area contributed by atoms with E-state index in [1.165, 1.54) is 0 Å². The van der Waals surface area contributed by atoms with Crippen LogP contribution in [-0.4, -0.2) is 40.9 Å². The van der Waals surface area contributed by atoms with Crippen molar-refractivity contribution in [1.29, 1.82) is 0 Å². The van der Waals surface area contributed by atoms with E-state index in [1.54, 1.807) is 7.05 Å². The molecule has 1 aliphatic carbocycles. The zero-order chi connectivity index (χ0) is 19.6. The Kier molecular flexibility index (Phi) is 9.11. The molecule has 0 saturated heterocycles. The van der Waals surface area contributed by atoms with Gasteiger partial charge in [0.05, 0.1) is 6.61 Å². The average Bonchev–Trinajstić information content (AvgIpc) is 2.69. The molecule has 0 amide bonds. The van der Waals surface area contributed by atoms with Crippen LogP contribution in [0.25, 0.3) is 0 Å². The van der Waals surface area contributed by atoms with Gasteiger partial charge in [-0.05, 0) is 31.2 Å². The van der Waals surface area contributed by atoms with Crippen LogP contribution < -0.4 is 15.4 Å². The second-order valence-electron chi connectivity index (χ2n) is 7.54. The summed E-state index contributed by atoms with van der Waals surface area (Å²) in [6.45, 7) is 7.67. The van der Waals surface area contributed by atoms with Gasteiger partial charge in [-0.1, -0.05) is 45.4 Å². The second-order valence-corrected chi connectivity index (χ2v) is 9.54. The van der Waals surface area contributed by atoms with Crippen LogP contribution in [0, 0.1) is 5.92 Å². The monoisotopic (exact) mass is 393 g/mol. The van der Waals surface area contributed by atoms with Gasteiger partial charge in [-0.15, -0.1) is 0 Å². The number of benzene rings is 1. The molecule has 27 heavy (non-hydrogen) atoms. The van der Waals surface area contributed by atoms with E-state index in [0.29, 0.717) is 30.4 Å². The predicted octanol–water partition coefficient (Wildman–Crippen LogP) is 3.47. The summed E-state index contributed by atoms with van der Waals surface area (Å²) < 4.78 is 18.1. The van der Waals surface area contributed by atoms with Crippen molar-refractivity contribution in [3.8, 4) is 5.75 Å². The van der Waals surface area contributed by atoms with Crippen molar-refractivity contribution in [2.45, 2.75) is 64.3 Å². The molecule has 1 aromatic rings. The lowest BCUT2D eigenvalue weighted by molar-refractivity contribution is 0.268. The Balaban J connectivity index is 1.90. The summed E-state index contributed by atoms with van der Waals surface area (Å²) in [5.74, 6) is 2.96. The Bertz CT molecular complexity index is 634. The van der Waals surface area contributed by atoms with E-state index >= 15 is 0 Å². The minimum Gasteiger partial charge on any atom is -0.493 e. The lowest BCUT2D eigenvalue weighted by atomic mass is 9.95. The molecule has 1 aliphatic rings. The van der Waals surface area contributed by atoms with E-state index in [0.717, 1.165) is 48.7 Å². The number of aliphatic imine (C=N–C) groups is 1. The molecule has 3 unspecified atom stereocenters. The summed E-state index contributed by atoms with van der Waals surface area (Å²) in [7, 11) is 1.08. The average molecular weight is 394 g/mol. The van der Waals surface area contributed by atoms with Gasteiger partial charge in [0, 0.05) is 47.0 Å². The third-order valence-corrected chi connectivity index (χ3v) is 6.58. The molecule has 0 aromatic heterocycles. The van der Waals surface area contributed by atoms with Crippen molar-refractivity contribution >= 4 is 16.8 Å². The standard InChI is InChI=1S/C21H35N3O2S/c1-5-27(25)19-11-8-10-18(13-19)24-21(22-4)23-14-17-9-6-7-12-20(17)26-15-16(2)3/h6-7,9,12,16,18-19H,5,8,10-11,13-15H2,1-4H3,(H2,22,23,24). The van der Waals surface area contributed by atoms with Gasteiger partial charge in [-0.2, -0.15) is 0 Å². The molecule has 0 heterocycles. The lowest BCUT2D eigenvalue weighted by Gasteiger charge is -2.30. The predicted molar refractivity (Wildman–Crippen MR) is 115 cm³/mol. The largest absolute Gasteiger partial charge is 0.493 e. The van der Waals surface area contributed by atoms with Gasteiger partial charge in [0.2, 0.25) is 0 Å². The van der Waals surface area contributed by atoms with E-state index in [9.17, 15) is 4.21 Å². The number of ether oxygens (including phenoxy) is 1. The van der Waals surface area contributed by atoms with Crippen molar-refractivity contribution < 1.29 is 8.95 Å². The van der Waals surface area contributed by atoms with Gasteiger partial charge in [0.1, 0.15) is 5.75 Å². The Morgan fingerprint density at radius 2 is 2.11 bits per heavy atom. The Morgan fingerprint density at radius 3 is 2.81 bits per heavy atom. The minimum absolute atomic E-state index is 0.310. The summed E-state index contributed by atoms with van der Waals surface area (Å²) in [6.07, 6.45) is 4.25. The summed E-state index contributed by atoms with van der Waals surface area (Å²) in [4.78, 5) is 4.37. The van der Waals surface area contributed by atoms with Gasteiger partial charge in [0.25, 0.3) is 0 Å². The highest BCUT2D eigenvalue weighted by atomic mass is 32.2. The molecule has 5 nitrogen and oxygen atoms in total. The molecule has 2 N–H and O–H groups in total. The van der Waals surface area contributed by atoms with Crippen LogP contribution in [0.15, 0.2) is 29.3 Å². The van der Waals surface area contributed by atoms with Crippen LogP contribution in [0.3, 0.4) is 0 Å². The topological polar surface area (TPSA) is 62.7 Å². The molecule has 2 rings (SSSR count). The highest BCUT2D eigenvalue weighted by Crippen LogP contribution is 2.23. The number of nitrogens with one attached hydrogen (secondary N) is 2. The van der Waals surface area contributed by atoms with E-state index in [1.807, 2.05) is 25.1 Å². The van der Waals surface area contributed by atoms with Gasteiger partial charge >= 0.3 is 0 Å². The van der Waals surface area contributed by atoms with Crippen molar-refractivity contribution in [3.05, 3.63) is 29.8 Å². The Hall–Kier alpha value is -1.56. The van der Waals surface area contributed by atoms with Gasteiger partial charge in [0.15, 0.2) is 5.96 Å². The number of hydrogen-bond donors (Lipinski definition) is 2. The van der Waals surface area contributed by atoms with Crippen molar-refractivity contribution in [2.24, 2.45) is 10.9 Å². The van der Waals surface area contributed by atoms with Crippen LogP contribution in [-0.2, 0) is 17.3 Å². The smallest absolute Gasteiger partial charge is 0.191 e. The zero-order valence-corrected chi connectivity index (χ0v) is 18.0. The SMILES string of the molecule is CCS(=O)C1CCCC(NC(=NC)NCc2ccccc2OCC(C)C)C1. The van der Waals surface area contributed by atoms with E-state index in [4.69, 9.17) is 4.74 Å². The summed E-state index contributed by atoms with van der Waals surface area (Å²) in [6, 6.07) is 8.46. The number of para-hydroxylation sites is 1. The molecular weight excluding hydrogens is 358 g/mol. The number of nitrogens with zero attached hydrogens (tertiary/aromatic N) is 1. The van der Waals surface area contributed by atoms with E-state index in [2.05, 4.69) is 35.5 Å². The first-order valence-electron chi connectivity index (χ1n) is 10.1. The maximum absolute atomic E-state index is 12.1. The van der Waals surface area contributed by atoms with E-state index < -0.39 is 10.8 Å². The highest BCUT2D eigenvalue weighted by molar-refractivity contribution is 7.85. The number of hydrogen-bond acceptors (Lipinski definition) is 3. The summed E-state index contributed by atoms with van der Waals surface area (Å²) in [5.41, 5.74) is 1.12. The summed E-state index contributed by atoms with van der Waals surface area (Å²) >= 11 is 0. The molecule has 0 radical (unpaired) electrons. The van der Waals surface area contributed by atoms with Crippen LogP contribution in [0.2, 0.25) is 0 Å². The first-order chi connectivity index (χ1) is 13.0. The Morgan fingerprint density at radius 1 is 1.33 bits per heavy atom. The first-order valence-corrected chi connectivity index (χ1v) is 11.5. The molecule has 1 aromatic carbocycles. The molecule has 6 heteroatoms. The molecule has 152 valence electrons. The zero-order valence-electron chi connectivity index (χ0n) is 17.2. The number of guanidine groups is 1. The molecule has 1 saturated carbocycles. The third kappa shape index (κ3) is 7.17. The molecule has 0 spiro atoms. The van der Waals surface area contributed by atoms with Crippen LogP contribution in [0.5, 0.6) is 5.75 Å². The number of rotatable bonds is 8. The fourth-order valence-corrected chi connectivity index (χ4v) is 4.71. The van der Waals surface area contributed by atoms with E-state index in [-0.39, 0.29) is 0 Å². The lowest BCUT2D eigenvalue weighted by Crippen LogP contribution is -2.46. The first kappa shape index (κ1) is 21.7. The quantitative estimate of drug-likeness (QED) is 0.524. The highest BCUT2D eigenvalue weighted by Gasteiger charge is 2.26. The van der Waals surface area contributed by atoms with Crippen LogP contribution >= 0.6 is 0 Å². The van der Waals surface area contributed by atoms with Crippen LogP contribution in [0.4, 0.5) is 0 Å². The summed E-state index contributed by atoms with van der Waals surface area (Å²) in [5, 5.41) is 7.23. The van der Waals surface area contributed by atoms with Gasteiger partial charge in [-0.3, -0.25) is 9.20 Å². The second kappa shape index (κ2) is 11.3. The van der Waals surface area contributed by atoms with Gasteiger partial charge < -0.3 is 15.4 Å². The van der Waals surface area contributed by atoms with Crippen LogP contribution in [0.1, 0.15) is 52.0 Å². The molecule has 3 atom stereocenters. The maximum atomic E-state index is 12.1. The van der Waals surface area contributed by atoms with Crippen molar-refractivity contribution in [1.82, 2.24) is 10.6 Å². The molecule has 0 bridgehead atoms. The minimum atomic E-state index is -0.711. The van der Waals surface area contributed by atoms with Crippen molar-refractivity contribution in [3.63, 3.8) is 0 Å². The van der Waals surface area contributed by atoms with Crippen molar-refractivity contribution in [2.75, 3.05) is 19.4 Å². The fraction of sp³-hybridized carbons (Fsp3) is 0.667. The Labute approximate surface area is 166 Å². The molecule has 1 fully saturated rings.